The van der Waals surface area contributed by atoms with Crippen LogP contribution in [0.25, 0.3) is 10.2 Å². The predicted molar refractivity (Wildman–Crippen MR) is 117 cm³/mol. The standard InChI is InChI=1S/2C6H3ClN5O4.H2O4S/c2*7-4-1-3(11(13)14)2-5(12(15)16)6(4)9-10-8;1-5(2,3)4/h2*1-2,9H;(H2,1,2,3,4)/q2*+1;/p-2. The van der Waals surface area contributed by atoms with Crippen LogP contribution in [0.1, 0.15) is 0 Å². The van der Waals surface area contributed by atoms with Gasteiger partial charge in [0, 0.05) is 22.5 Å². The molecule has 0 atom stereocenters. The Morgan fingerprint density at radius 1 is 0.676 bits per heavy atom. The molecule has 0 amide bonds. The van der Waals surface area contributed by atoms with Crippen LogP contribution in [0.4, 0.5) is 34.1 Å². The first-order chi connectivity index (χ1) is 16.9. The summed E-state index contributed by atoms with van der Waals surface area (Å²) in [5.74, 6) is 0. The van der Waals surface area contributed by atoms with Gasteiger partial charge in [-0.15, -0.1) is 0 Å². The van der Waals surface area contributed by atoms with E-state index in [0.29, 0.717) is 12.1 Å². The number of rotatable bonds is 6. The molecule has 0 spiro atoms. The first-order valence-electron chi connectivity index (χ1n) is 8.06. The first kappa shape index (κ1) is 31.9. The Morgan fingerprint density at radius 3 is 1.14 bits per heavy atom. The second-order valence-corrected chi connectivity index (χ2v) is 7.13. The zero-order valence-electron chi connectivity index (χ0n) is 17.0. The number of hydrogen-bond acceptors (Lipinski definition) is 16. The molecule has 0 aliphatic carbocycles. The largest absolute Gasteiger partial charge is 0.759 e. The van der Waals surface area contributed by atoms with Crippen molar-refractivity contribution in [3.05, 3.63) is 84.9 Å². The van der Waals surface area contributed by atoms with Crippen molar-refractivity contribution < 1.29 is 37.2 Å². The summed E-state index contributed by atoms with van der Waals surface area (Å²) in [6, 6.07) is 3.23. The van der Waals surface area contributed by atoms with Gasteiger partial charge in [-0.1, -0.05) is 23.2 Å². The van der Waals surface area contributed by atoms with E-state index in [1.54, 1.807) is 0 Å². The number of nitro benzene ring substituents is 4. The average molecular weight is 585 g/mol. The average Bonchev–Trinajstić information content (AvgIpc) is 2.75. The van der Waals surface area contributed by atoms with Crippen LogP contribution >= 0.6 is 23.2 Å². The molecule has 37 heavy (non-hydrogen) atoms. The molecule has 0 aliphatic heterocycles. The summed E-state index contributed by atoms with van der Waals surface area (Å²) in [6.45, 7) is 0. The van der Waals surface area contributed by atoms with Crippen LogP contribution in [0.3, 0.4) is 0 Å². The lowest BCUT2D eigenvalue weighted by Crippen LogP contribution is -1.98. The van der Waals surface area contributed by atoms with Crippen molar-refractivity contribution in [3.63, 3.8) is 0 Å². The number of non-ortho nitro benzene ring substituents is 2. The molecule has 196 valence electrons. The lowest BCUT2D eigenvalue weighted by atomic mass is 10.2. The minimum Gasteiger partial charge on any atom is -0.759 e. The summed E-state index contributed by atoms with van der Waals surface area (Å²) in [4.78, 5) is 38.6. The van der Waals surface area contributed by atoms with Gasteiger partial charge >= 0.3 is 21.5 Å². The van der Waals surface area contributed by atoms with Gasteiger partial charge < -0.3 is 9.11 Å². The molecule has 0 fully saturated rings. The summed E-state index contributed by atoms with van der Waals surface area (Å²) >= 11 is 11.1. The summed E-state index contributed by atoms with van der Waals surface area (Å²) in [5, 5.41) is 62.8. The van der Waals surface area contributed by atoms with E-state index in [0.717, 1.165) is 12.1 Å². The summed E-state index contributed by atoms with van der Waals surface area (Å²) in [6.07, 6.45) is 0. The van der Waals surface area contributed by atoms with Gasteiger partial charge in [0.2, 0.25) is 11.4 Å². The number of nitro groups is 4. The quantitative estimate of drug-likeness (QED) is 0.161. The third-order valence-corrected chi connectivity index (χ3v) is 3.84. The maximum Gasteiger partial charge on any atom is 0.308 e. The van der Waals surface area contributed by atoms with Gasteiger partial charge in [-0.2, -0.15) is 0 Å². The fraction of sp³-hybridized carbons (Fsp3) is 0. The Kier molecular flexibility index (Phi) is 11.8. The normalized spacial score (nSPS) is 9.57. The van der Waals surface area contributed by atoms with E-state index in [1.165, 1.54) is 0 Å². The number of hydrogen-bond donors (Lipinski definition) is 2. The zero-order valence-corrected chi connectivity index (χ0v) is 19.3. The number of halogens is 2. The Labute approximate surface area is 211 Å². The van der Waals surface area contributed by atoms with E-state index < -0.39 is 52.8 Å². The van der Waals surface area contributed by atoms with Gasteiger partial charge in [0.05, 0.1) is 41.9 Å². The van der Waals surface area contributed by atoms with Gasteiger partial charge in [0.25, 0.3) is 22.2 Å². The molecular formula is C12H6Cl2N10O12S. The van der Waals surface area contributed by atoms with Gasteiger partial charge in [-0.05, 0) is 10.9 Å². The molecule has 0 saturated heterocycles. The Balaban J connectivity index is 0.000000594. The van der Waals surface area contributed by atoms with Crippen LogP contribution in [0.2, 0.25) is 10.0 Å². The Bertz CT molecular complexity index is 1340. The molecule has 0 unspecified atom stereocenters. The molecule has 2 rings (SSSR count). The molecule has 0 aromatic heterocycles. The molecular weight excluding hydrogens is 579 g/mol. The maximum absolute atomic E-state index is 10.6. The van der Waals surface area contributed by atoms with Crippen LogP contribution in [-0.2, 0) is 10.4 Å². The molecule has 0 radical (unpaired) electrons. The summed E-state index contributed by atoms with van der Waals surface area (Å²) in [5.41, 5.74) is 0.747. The van der Waals surface area contributed by atoms with Crippen molar-refractivity contribution in [1.82, 2.24) is 0 Å². The number of benzene rings is 2. The van der Waals surface area contributed by atoms with E-state index in [-0.39, 0.29) is 21.4 Å². The van der Waals surface area contributed by atoms with Crippen LogP contribution < -0.4 is 10.9 Å². The van der Waals surface area contributed by atoms with Crippen LogP contribution in [0.5, 0.6) is 0 Å². The zero-order chi connectivity index (χ0) is 29.1. The molecule has 2 aromatic rings. The van der Waals surface area contributed by atoms with Gasteiger partial charge in [-0.25, -0.2) is 0 Å². The van der Waals surface area contributed by atoms with Crippen LogP contribution in [0.15, 0.2) is 24.3 Å². The van der Waals surface area contributed by atoms with Crippen molar-refractivity contribution in [2.75, 3.05) is 10.9 Å². The maximum atomic E-state index is 10.6. The lowest BCUT2D eigenvalue weighted by Gasteiger charge is -2.06. The highest BCUT2D eigenvalue weighted by atomic mass is 35.5. The number of diazo groups is 2. The Hall–Kier alpha value is -5.07. The smallest absolute Gasteiger partial charge is 0.308 e. The molecule has 0 aliphatic rings. The van der Waals surface area contributed by atoms with Gasteiger partial charge in [0.1, 0.15) is 0 Å². The third-order valence-electron chi connectivity index (χ3n) is 3.25. The molecule has 2 N–H and O–H groups in total. The van der Waals surface area contributed by atoms with E-state index in [1.807, 2.05) is 10.9 Å². The fourth-order valence-corrected chi connectivity index (χ4v) is 2.48. The molecule has 22 nitrogen and oxygen atoms in total. The summed E-state index contributed by atoms with van der Waals surface area (Å²) < 4.78 is 34.1. The molecule has 0 bridgehead atoms. The van der Waals surface area contributed by atoms with Crippen molar-refractivity contribution in [2.24, 2.45) is 0 Å². The van der Waals surface area contributed by atoms with Crippen LogP contribution in [0, 0.1) is 51.2 Å². The molecule has 0 heterocycles. The second kappa shape index (κ2) is 13.7. The third kappa shape index (κ3) is 10.8. The molecule has 25 heteroatoms. The topological polar surface area (TPSA) is 333 Å². The van der Waals surface area contributed by atoms with Gasteiger partial charge in [-0.3, -0.25) is 48.9 Å². The SMILES string of the molecule is N#[N+]Nc1c(Cl)cc([N+](=O)[O-])cc1[N+](=O)[O-].N#[N+]Nc1c(Cl)cc([N+](=O)[O-])cc1[N+](=O)[O-].O=S(=O)([O-])[O-]. The van der Waals surface area contributed by atoms with Crippen molar-refractivity contribution in [3.8, 4) is 0 Å². The van der Waals surface area contributed by atoms with E-state index in [9.17, 15) is 40.5 Å². The Morgan fingerprint density at radius 2 is 0.946 bits per heavy atom. The van der Waals surface area contributed by atoms with E-state index in [2.05, 4.69) is 10.2 Å². The van der Waals surface area contributed by atoms with Gasteiger partial charge in [0.15, 0.2) is 0 Å². The fourth-order valence-electron chi connectivity index (χ4n) is 1.98. The first-order valence-corrected chi connectivity index (χ1v) is 10.1. The van der Waals surface area contributed by atoms with Crippen molar-refractivity contribution in [2.45, 2.75) is 0 Å². The molecule has 0 saturated carbocycles. The highest BCUT2D eigenvalue weighted by molar-refractivity contribution is 7.79. The highest BCUT2D eigenvalue weighted by Gasteiger charge is 2.27. The number of nitrogens with zero attached hydrogens (tertiary/aromatic N) is 8. The lowest BCUT2D eigenvalue weighted by molar-refractivity contribution is -0.393. The van der Waals surface area contributed by atoms with E-state index >= 15 is 0 Å². The number of nitrogens with one attached hydrogen (secondary N) is 2. The predicted octanol–water partition coefficient (Wildman–Crippen LogP) is 3.33. The van der Waals surface area contributed by atoms with Crippen molar-refractivity contribution >= 4 is 67.7 Å². The minimum absolute atomic E-state index is 0.293. The van der Waals surface area contributed by atoms with E-state index in [4.69, 9.17) is 51.5 Å². The summed E-state index contributed by atoms with van der Waals surface area (Å²) in [7, 11) is -5.17. The van der Waals surface area contributed by atoms with Crippen molar-refractivity contribution in [1.29, 1.82) is 10.8 Å². The monoisotopic (exact) mass is 584 g/mol. The second-order valence-electron chi connectivity index (χ2n) is 5.50. The van der Waals surface area contributed by atoms with Crippen LogP contribution in [-0.4, -0.2) is 37.2 Å². The molecule has 2 aromatic carbocycles. The minimum atomic E-state index is -5.17. The number of anilines is 2. The highest BCUT2D eigenvalue weighted by Crippen LogP contribution is 2.37.